The van der Waals surface area contributed by atoms with Gasteiger partial charge in [0, 0.05) is 12.3 Å². The molecule has 79 heavy (non-hydrogen) atoms. The summed E-state index contributed by atoms with van der Waals surface area (Å²) < 4.78 is 44.9. The van der Waals surface area contributed by atoms with Crippen LogP contribution in [0, 0.1) is 56.7 Å². The van der Waals surface area contributed by atoms with E-state index < -0.39 is 61.2 Å². The minimum absolute atomic E-state index is 0.0729. The highest BCUT2D eigenvalue weighted by Gasteiger charge is 2.71. The molecule has 10 rings (SSSR count). The van der Waals surface area contributed by atoms with Crippen molar-refractivity contribution in [2.24, 2.45) is 56.7 Å². The second kappa shape index (κ2) is 22.4. The van der Waals surface area contributed by atoms with Crippen LogP contribution >= 0.6 is 0 Å². The second-order valence-corrected chi connectivity index (χ2v) is 25.3. The summed E-state index contributed by atoms with van der Waals surface area (Å²) in [6.45, 7) is 20.7. The van der Waals surface area contributed by atoms with Crippen molar-refractivity contribution in [1.29, 1.82) is 0 Å². The fourth-order valence-electron chi connectivity index (χ4n) is 17.1. The van der Waals surface area contributed by atoms with E-state index in [1.54, 1.807) is 128 Å². The third-order valence-electron chi connectivity index (χ3n) is 21.1. The van der Waals surface area contributed by atoms with Crippen LogP contribution in [0.2, 0.25) is 0 Å². The van der Waals surface area contributed by atoms with Gasteiger partial charge in [-0.15, -0.1) is 0 Å². The van der Waals surface area contributed by atoms with Gasteiger partial charge in [-0.1, -0.05) is 120 Å². The molecule has 1 aliphatic heterocycles. The fourth-order valence-corrected chi connectivity index (χ4v) is 17.1. The summed E-state index contributed by atoms with van der Waals surface area (Å²) in [5, 5.41) is 0. The van der Waals surface area contributed by atoms with E-state index in [9.17, 15) is 24.0 Å². The molecule has 12 nitrogen and oxygen atoms in total. The molecule has 6 fully saturated rings. The molecule has 4 aromatic rings. The smallest absolute Gasteiger partial charge is 0.338 e. The SMILES string of the molecule is C=C(C)[C@@H]1CC[C@]2(CCO[C@H]3O[C@H](COC(=O)c4ccccc4)[C@H](OC(=O)c4ccccc4)[C@@H](OC(=O)c4ccccc4)[C@@H]3OC(=O)c3ccccc3)CC[C@]3(C)[C@H](CC[C@@H]4[C@@]5(C)CC[C@H](OC(C)=O)C(C)(C)[C@@H]5CC[C@]43C)[C@@H]12. The molecule has 12 heteroatoms. The van der Waals surface area contributed by atoms with Gasteiger partial charge < -0.3 is 33.2 Å². The van der Waals surface area contributed by atoms with Gasteiger partial charge in [0.05, 0.1) is 28.9 Å². The Morgan fingerprint density at radius 1 is 0.544 bits per heavy atom. The lowest BCUT2D eigenvalue weighted by molar-refractivity contribution is -0.300. The number of rotatable bonds is 15. The first-order valence-corrected chi connectivity index (χ1v) is 28.9. The summed E-state index contributed by atoms with van der Waals surface area (Å²) in [6, 6.07) is 33.7. The quantitative estimate of drug-likeness (QED) is 0.0633. The van der Waals surface area contributed by atoms with Crippen LogP contribution in [0.3, 0.4) is 0 Å². The van der Waals surface area contributed by atoms with Gasteiger partial charge in [0.1, 0.15) is 18.8 Å². The Bertz CT molecular complexity index is 2850. The van der Waals surface area contributed by atoms with Crippen molar-refractivity contribution in [2.45, 2.75) is 156 Å². The van der Waals surface area contributed by atoms with E-state index in [4.69, 9.17) is 33.2 Å². The number of esters is 5. The van der Waals surface area contributed by atoms with Crippen molar-refractivity contribution < 1.29 is 57.1 Å². The van der Waals surface area contributed by atoms with Gasteiger partial charge >= 0.3 is 29.8 Å². The highest BCUT2D eigenvalue weighted by molar-refractivity contribution is 5.91. The Labute approximate surface area is 466 Å². The normalized spacial score (nSPS) is 35.2. The zero-order valence-corrected chi connectivity index (χ0v) is 47.2. The molecule has 0 N–H and O–H groups in total. The minimum atomic E-state index is -1.51. The van der Waals surface area contributed by atoms with Gasteiger partial charge in [-0.3, -0.25) is 4.79 Å². The predicted molar refractivity (Wildman–Crippen MR) is 297 cm³/mol. The highest BCUT2D eigenvalue weighted by Crippen LogP contribution is 2.78. The lowest BCUT2D eigenvalue weighted by Gasteiger charge is -2.73. The zero-order chi connectivity index (χ0) is 55.9. The fraction of sp³-hybridized carbons (Fsp3) is 0.537. The first kappa shape index (κ1) is 56.2. The van der Waals surface area contributed by atoms with E-state index in [1.165, 1.54) is 5.57 Å². The predicted octanol–water partition coefficient (Wildman–Crippen LogP) is 13.2. The van der Waals surface area contributed by atoms with Gasteiger partial charge in [0.25, 0.3) is 0 Å². The molecule has 0 amide bonds. The molecule has 1 saturated heterocycles. The Hall–Kier alpha value is -6.11. The van der Waals surface area contributed by atoms with Crippen LogP contribution in [0.1, 0.15) is 161 Å². The van der Waals surface area contributed by atoms with E-state index in [2.05, 4.69) is 48.1 Å². The number of hydrogen-bond donors (Lipinski definition) is 0. The largest absolute Gasteiger partial charge is 0.462 e. The molecule has 420 valence electrons. The summed E-state index contributed by atoms with van der Waals surface area (Å²) in [6.07, 6.45) is 4.18. The maximum Gasteiger partial charge on any atom is 0.338 e. The third kappa shape index (κ3) is 10.5. The molecule has 0 radical (unpaired) electrons. The van der Waals surface area contributed by atoms with E-state index in [0.29, 0.717) is 41.6 Å². The lowest BCUT2D eigenvalue weighted by atomic mass is 9.32. The van der Waals surface area contributed by atoms with Crippen LogP contribution in [0.25, 0.3) is 0 Å². The number of hydrogen-bond acceptors (Lipinski definition) is 12. The summed E-state index contributed by atoms with van der Waals surface area (Å²) in [5.74, 6) is -0.953. The van der Waals surface area contributed by atoms with Gasteiger partial charge in [-0.05, 0) is 177 Å². The topological polar surface area (TPSA) is 150 Å². The average molecular weight is 1080 g/mol. The van der Waals surface area contributed by atoms with E-state index in [1.807, 2.05) is 0 Å². The van der Waals surface area contributed by atoms with Crippen LogP contribution in [0.15, 0.2) is 133 Å². The molecule has 6 aliphatic rings. The van der Waals surface area contributed by atoms with E-state index >= 15 is 0 Å². The summed E-state index contributed by atoms with van der Waals surface area (Å²) in [5.41, 5.74) is 2.26. The van der Waals surface area contributed by atoms with Crippen LogP contribution in [-0.4, -0.2) is 79.9 Å². The summed E-state index contributed by atoms with van der Waals surface area (Å²) in [4.78, 5) is 68.8. The molecule has 15 atom stereocenters. The lowest BCUT2D eigenvalue weighted by Crippen LogP contribution is -2.66. The molecule has 4 aromatic carbocycles. The van der Waals surface area contributed by atoms with E-state index in [0.717, 1.165) is 64.2 Å². The van der Waals surface area contributed by atoms with Crippen molar-refractivity contribution in [3.05, 3.63) is 156 Å². The number of allylic oxidation sites excluding steroid dienone is 1. The Kier molecular flexibility index (Phi) is 16.0. The third-order valence-corrected chi connectivity index (χ3v) is 21.1. The molecule has 0 bridgehead atoms. The van der Waals surface area contributed by atoms with Crippen molar-refractivity contribution in [2.75, 3.05) is 13.2 Å². The summed E-state index contributed by atoms with van der Waals surface area (Å²) >= 11 is 0. The van der Waals surface area contributed by atoms with Crippen LogP contribution in [0.4, 0.5) is 0 Å². The number of carbonyl (C=O) groups is 5. The summed E-state index contributed by atoms with van der Waals surface area (Å²) in [7, 11) is 0. The second-order valence-electron chi connectivity index (χ2n) is 25.3. The number of carbonyl (C=O) groups excluding carboxylic acids is 5. The molecule has 0 unspecified atom stereocenters. The Morgan fingerprint density at radius 2 is 1.08 bits per heavy atom. The molecule has 0 aromatic heterocycles. The van der Waals surface area contributed by atoms with Gasteiger partial charge in [-0.2, -0.15) is 0 Å². The number of fused-ring (bicyclic) bond motifs is 7. The highest BCUT2D eigenvalue weighted by atomic mass is 16.7. The first-order valence-electron chi connectivity index (χ1n) is 28.9. The maximum absolute atomic E-state index is 14.3. The van der Waals surface area contributed by atoms with Crippen molar-refractivity contribution in [3.8, 4) is 0 Å². The Morgan fingerprint density at radius 3 is 1.62 bits per heavy atom. The number of ether oxygens (including phenoxy) is 7. The number of benzene rings is 4. The van der Waals surface area contributed by atoms with Gasteiger partial charge in [0.2, 0.25) is 0 Å². The molecular formula is C67H80O12. The zero-order valence-electron chi connectivity index (χ0n) is 47.2. The van der Waals surface area contributed by atoms with Crippen molar-refractivity contribution in [3.63, 3.8) is 0 Å². The molecule has 0 spiro atoms. The molecule has 5 aliphatic carbocycles. The van der Waals surface area contributed by atoms with Crippen LogP contribution in [0.5, 0.6) is 0 Å². The van der Waals surface area contributed by atoms with Crippen LogP contribution in [-0.2, 0) is 38.0 Å². The van der Waals surface area contributed by atoms with Crippen molar-refractivity contribution >= 4 is 29.8 Å². The first-order chi connectivity index (χ1) is 37.8. The standard InChI is InChI=1S/C67H80O12/c1-42(2)48-31-36-67(38-37-65(7)49(54(48)67)29-30-52-64(6)34-33-53(75-43(3)68)63(4,5)51(64)32-35-66(52,65)8)39-40-73-62-57(79-61(72)47-27-19-12-20-28-47)56(78-60(71)46-25-17-11-18-26-46)55(77-59(70)45-23-15-10-16-24-45)50(76-62)41-74-58(69)44-21-13-9-14-22-44/h9-28,48-57,62H,1,29-41H2,2-8H3/t48-,49+,50+,51-,52+,53-,54+,55-,56+,57-,62-,64-,65+,66+,67+/m0/s1. The van der Waals surface area contributed by atoms with Gasteiger partial charge in [-0.25, -0.2) is 19.2 Å². The van der Waals surface area contributed by atoms with E-state index in [-0.39, 0.29) is 62.4 Å². The minimum Gasteiger partial charge on any atom is -0.462 e. The van der Waals surface area contributed by atoms with Crippen molar-refractivity contribution in [1.82, 2.24) is 0 Å². The maximum atomic E-state index is 14.3. The average Bonchev–Trinajstić information content (AvgIpc) is 3.09. The Balaban J connectivity index is 0.969. The molecular weight excluding hydrogens is 997 g/mol. The molecule has 1 heterocycles. The monoisotopic (exact) mass is 1080 g/mol. The molecule has 5 saturated carbocycles. The van der Waals surface area contributed by atoms with Crippen LogP contribution < -0.4 is 0 Å². The van der Waals surface area contributed by atoms with Gasteiger partial charge in [0.15, 0.2) is 24.6 Å².